The van der Waals surface area contributed by atoms with Gasteiger partial charge in [-0.1, -0.05) is 48.2 Å². The van der Waals surface area contributed by atoms with E-state index in [0.717, 1.165) is 16.8 Å². The summed E-state index contributed by atoms with van der Waals surface area (Å²) in [6.07, 6.45) is 1.39. The van der Waals surface area contributed by atoms with Crippen LogP contribution in [0.15, 0.2) is 76.5 Å². The number of hydrazine groups is 1. The number of furan rings is 1. The van der Waals surface area contributed by atoms with Crippen LogP contribution in [0, 0.1) is 13.8 Å². The second-order valence-electron chi connectivity index (χ2n) is 7.04. The highest BCUT2D eigenvalue weighted by molar-refractivity contribution is 7.99. The van der Waals surface area contributed by atoms with E-state index in [4.69, 9.17) is 4.42 Å². The Hall–Kier alpha value is -3.85. The first-order valence-corrected chi connectivity index (χ1v) is 10.9. The van der Waals surface area contributed by atoms with Crippen molar-refractivity contribution in [2.45, 2.75) is 19.0 Å². The largest absolute Gasteiger partial charge is 0.459 e. The lowest BCUT2D eigenvalue weighted by Crippen LogP contribution is -2.42. The highest BCUT2D eigenvalue weighted by Crippen LogP contribution is 2.28. The van der Waals surface area contributed by atoms with Gasteiger partial charge in [0.1, 0.15) is 0 Å². The number of aromatic nitrogens is 3. The number of nitrogens with one attached hydrogen (secondary N) is 2. The molecule has 0 aliphatic carbocycles. The molecule has 2 aromatic carbocycles. The first-order chi connectivity index (χ1) is 15.5. The maximum Gasteiger partial charge on any atom is 0.305 e. The number of thioether (sulfide) groups is 1. The van der Waals surface area contributed by atoms with E-state index in [0.29, 0.717) is 11.0 Å². The Bertz CT molecular complexity index is 1240. The average Bonchev–Trinajstić information content (AvgIpc) is 3.49. The number of hydrogen-bond donors (Lipinski definition) is 2. The van der Waals surface area contributed by atoms with E-state index < -0.39 is 5.91 Å². The summed E-state index contributed by atoms with van der Waals surface area (Å²) in [6, 6.07) is 19.0. The van der Waals surface area contributed by atoms with Gasteiger partial charge in [0.2, 0.25) is 5.91 Å². The lowest BCUT2D eigenvalue weighted by Gasteiger charge is -2.12. The molecule has 0 saturated heterocycles. The molecule has 8 nitrogen and oxygen atoms in total. The Morgan fingerprint density at radius 2 is 1.78 bits per heavy atom. The number of amides is 2. The molecule has 32 heavy (non-hydrogen) atoms. The third-order valence-electron chi connectivity index (χ3n) is 4.81. The number of benzene rings is 2. The van der Waals surface area contributed by atoms with E-state index >= 15 is 0 Å². The molecule has 162 valence electrons. The Morgan fingerprint density at radius 3 is 2.50 bits per heavy atom. The van der Waals surface area contributed by atoms with Gasteiger partial charge in [-0.25, -0.2) is 0 Å². The number of aryl methyl sites for hydroxylation is 2. The lowest BCUT2D eigenvalue weighted by atomic mass is 10.1. The summed E-state index contributed by atoms with van der Waals surface area (Å²) < 4.78 is 6.93. The summed E-state index contributed by atoms with van der Waals surface area (Å²) in [7, 11) is 0. The monoisotopic (exact) mass is 447 g/mol. The van der Waals surface area contributed by atoms with Gasteiger partial charge in [0.25, 0.3) is 0 Å². The first-order valence-electron chi connectivity index (χ1n) is 9.87. The van der Waals surface area contributed by atoms with Crippen LogP contribution in [0.5, 0.6) is 0 Å². The molecule has 0 atom stereocenters. The third kappa shape index (κ3) is 4.73. The van der Waals surface area contributed by atoms with Crippen LogP contribution in [-0.2, 0) is 4.79 Å². The van der Waals surface area contributed by atoms with Gasteiger partial charge in [-0.2, -0.15) is 0 Å². The maximum absolute atomic E-state index is 12.3. The maximum atomic E-state index is 12.3. The molecule has 0 unspecified atom stereocenters. The molecule has 0 bridgehead atoms. The fraction of sp³-hybridized carbons (Fsp3) is 0.130. The summed E-state index contributed by atoms with van der Waals surface area (Å²) in [4.78, 5) is 24.2. The summed E-state index contributed by atoms with van der Waals surface area (Å²) in [6.45, 7) is 4.10. The van der Waals surface area contributed by atoms with Gasteiger partial charge in [0.15, 0.2) is 16.7 Å². The van der Waals surface area contributed by atoms with Gasteiger partial charge < -0.3 is 4.42 Å². The fourth-order valence-electron chi connectivity index (χ4n) is 3.00. The molecule has 2 amide bonds. The summed E-state index contributed by atoms with van der Waals surface area (Å²) in [5.41, 5.74) is 8.85. The standard InChI is InChI=1S/C23H21N5O3S/c1-15-10-11-18(13-16(15)2)28-21(17-7-4-3-5-8-17)25-27-23(28)32-14-20(29)24-26-22(30)19-9-6-12-31-19/h3-13H,14H2,1-2H3,(H,24,29)(H,26,30). The van der Waals surface area contributed by atoms with E-state index in [9.17, 15) is 9.59 Å². The quantitative estimate of drug-likeness (QED) is 0.345. The molecule has 0 spiro atoms. The van der Waals surface area contributed by atoms with Gasteiger partial charge in [0.05, 0.1) is 17.7 Å². The van der Waals surface area contributed by atoms with Crippen LogP contribution in [0.1, 0.15) is 21.7 Å². The minimum absolute atomic E-state index is 0.0379. The lowest BCUT2D eigenvalue weighted by molar-refractivity contribution is -0.119. The molecule has 0 fully saturated rings. The number of nitrogens with zero attached hydrogens (tertiary/aromatic N) is 3. The number of carbonyl (C=O) groups excluding carboxylic acids is 2. The number of hydrogen-bond acceptors (Lipinski definition) is 6. The van der Waals surface area contributed by atoms with Crippen molar-refractivity contribution in [1.29, 1.82) is 0 Å². The smallest absolute Gasteiger partial charge is 0.305 e. The van der Waals surface area contributed by atoms with E-state index in [1.807, 2.05) is 54.0 Å². The van der Waals surface area contributed by atoms with Crippen LogP contribution in [0.2, 0.25) is 0 Å². The predicted molar refractivity (Wildman–Crippen MR) is 121 cm³/mol. The molecule has 2 aromatic heterocycles. The van der Waals surface area contributed by atoms with Crippen LogP contribution in [-0.4, -0.2) is 32.3 Å². The van der Waals surface area contributed by atoms with Crippen molar-refractivity contribution in [2.24, 2.45) is 0 Å². The van der Waals surface area contributed by atoms with E-state index in [2.05, 4.69) is 34.0 Å². The van der Waals surface area contributed by atoms with Crippen LogP contribution < -0.4 is 10.9 Å². The highest BCUT2D eigenvalue weighted by atomic mass is 32.2. The Labute approximate surface area is 189 Å². The minimum Gasteiger partial charge on any atom is -0.459 e. The van der Waals surface area contributed by atoms with Crippen LogP contribution in [0.4, 0.5) is 0 Å². The fourth-order valence-corrected chi connectivity index (χ4v) is 3.75. The second kappa shape index (κ2) is 9.52. The molecule has 9 heteroatoms. The number of carbonyl (C=O) groups is 2. The van der Waals surface area contributed by atoms with Crippen LogP contribution in [0.3, 0.4) is 0 Å². The molecule has 4 aromatic rings. The normalized spacial score (nSPS) is 10.7. The zero-order valence-corrected chi connectivity index (χ0v) is 18.3. The zero-order chi connectivity index (χ0) is 22.5. The second-order valence-corrected chi connectivity index (χ2v) is 7.99. The molecular weight excluding hydrogens is 426 g/mol. The van der Waals surface area contributed by atoms with Gasteiger partial charge in [-0.05, 0) is 49.2 Å². The molecule has 0 aliphatic rings. The molecule has 2 heterocycles. The van der Waals surface area contributed by atoms with Gasteiger partial charge in [-0.3, -0.25) is 25.0 Å². The van der Waals surface area contributed by atoms with Crippen molar-refractivity contribution in [3.05, 3.63) is 83.8 Å². The zero-order valence-electron chi connectivity index (χ0n) is 17.5. The molecule has 0 radical (unpaired) electrons. The number of rotatable bonds is 6. The van der Waals surface area contributed by atoms with Crippen LogP contribution in [0.25, 0.3) is 17.1 Å². The Kier molecular flexibility index (Phi) is 6.37. The predicted octanol–water partition coefficient (Wildman–Crippen LogP) is 3.70. The first kappa shape index (κ1) is 21.4. The van der Waals surface area contributed by atoms with Crippen molar-refractivity contribution in [1.82, 2.24) is 25.6 Å². The van der Waals surface area contributed by atoms with E-state index in [1.54, 1.807) is 6.07 Å². The van der Waals surface area contributed by atoms with E-state index in [1.165, 1.54) is 29.7 Å². The molecule has 0 aliphatic heterocycles. The minimum atomic E-state index is -0.530. The summed E-state index contributed by atoms with van der Waals surface area (Å²) in [5.74, 6) is -0.0810. The van der Waals surface area contributed by atoms with Crippen LogP contribution >= 0.6 is 11.8 Å². The molecule has 0 saturated carbocycles. The van der Waals surface area contributed by atoms with Crippen molar-refractivity contribution in [3.63, 3.8) is 0 Å². The SMILES string of the molecule is Cc1ccc(-n2c(SCC(=O)NNC(=O)c3ccco3)nnc2-c2ccccc2)cc1C. The van der Waals surface area contributed by atoms with E-state index in [-0.39, 0.29) is 17.4 Å². The van der Waals surface area contributed by atoms with Crippen molar-refractivity contribution in [3.8, 4) is 17.1 Å². The molecular formula is C23H21N5O3S. The molecule has 4 rings (SSSR count). The van der Waals surface area contributed by atoms with Gasteiger partial charge >= 0.3 is 5.91 Å². The molecule has 2 N–H and O–H groups in total. The van der Waals surface area contributed by atoms with Crippen molar-refractivity contribution < 1.29 is 14.0 Å². The summed E-state index contributed by atoms with van der Waals surface area (Å²) >= 11 is 1.23. The average molecular weight is 448 g/mol. The third-order valence-corrected chi connectivity index (χ3v) is 5.74. The topological polar surface area (TPSA) is 102 Å². The highest BCUT2D eigenvalue weighted by Gasteiger charge is 2.18. The Morgan fingerprint density at radius 1 is 0.969 bits per heavy atom. The van der Waals surface area contributed by atoms with Crippen molar-refractivity contribution in [2.75, 3.05) is 5.75 Å². The van der Waals surface area contributed by atoms with Gasteiger partial charge in [-0.15, -0.1) is 10.2 Å². The van der Waals surface area contributed by atoms with Gasteiger partial charge in [0, 0.05) is 5.56 Å². The summed E-state index contributed by atoms with van der Waals surface area (Å²) in [5, 5.41) is 9.27. The Balaban J connectivity index is 1.53. The van der Waals surface area contributed by atoms with Crippen molar-refractivity contribution >= 4 is 23.6 Å².